The molecule has 5 heteroatoms. The number of halogens is 1. The molecule has 0 aliphatic carbocycles. The molecule has 1 N–H and O–H groups in total. The van der Waals surface area contributed by atoms with Crippen LogP contribution in [0.2, 0.25) is 0 Å². The lowest BCUT2D eigenvalue weighted by Crippen LogP contribution is -2.33. The molecule has 0 heterocycles. The Bertz CT molecular complexity index is 790. The van der Waals surface area contributed by atoms with Crippen molar-refractivity contribution in [2.75, 3.05) is 13.2 Å². The second-order valence-electron chi connectivity index (χ2n) is 8.19. The average Bonchev–Trinajstić information content (AvgIpc) is 2.77. The fourth-order valence-corrected chi connectivity index (χ4v) is 3.97. The lowest BCUT2D eigenvalue weighted by Gasteiger charge is -2.27. The Morgan fingerprint density at radius 1 is 1.10 bits per heavy atom. The van der Waals surface area contributed by atoms with Crippen molar-refractivity contribution in [3.05, 3.63) is 65.5 Å². The Morgan fingerprint density at radius 3 is 2.39 bits per heavy atom. The van der Waals surface area contributed by atoms with Gasteiger partial charge in [0, 0.05) is 6.54 Å². The highest BCUT2D eigenvalue weighted by Crippen LogP contribution is 2.24. The van der Waals surface area contributed by atoms with E-state index in [9.17, 15) is 14.3 Å². The van der Waals surface area contributed by atoms with Gasteiger partial charge in [-0.05, 0) is 61.8 Å². The van der Waals surface area contributed by atoms with E-state index in [4.69, 9.17) is 4.74 Å². The van der Waals surface area contributed by atoms with E-state index in [2.05, 4.69) is 13.8 Å². The van der Waals surface area contributed by atoms with Crippen molar-refractivity contribution in [3.8, 4) is 5.75 Å². The number of hydrogen-bond acceptors (Lipinski definition) is 2. The minimum atomic E-state index is -0.933. The molecule has 0 fully saturated rings. The fraction of sp³-hybridized carbons (Fsp3) is 0.500. The quantitative estimate of drug-likeness (QED) is 0.370. The van der Waals surface area contributed by atoms with Crippen LogP contribution in [0.1, 0.15) is 70.0 Å². The molecule has 0 aliphatic rings. The van der Waals surface area contributed by atoms with Gasteiger partial charge >= 0.3 is 6.09 Å². The maximum atomic E-state index is 14.2. The number of benzene rings is 2. The normalized spacial score (nSPS) is 12.0. The van der Waals surface area contributed by atoms with Gasteiger partial charge < -0.3 is 14.7 Å². The molecule has 1 atom stereocenters. The molecule has 31 heavy (non-hydrogen) atoms. The first-order valence-corrected chi connectivity index (χ1v) is 11.4. The average molecular weight is 430 g/mol. The fourth-order valence-electron chi connectivity index (χ4n) is 3.97. The van der Waals surface area contributed by atoms with Crippen LogP contribution in [-0.4, -0.2) is 29.3 Å². The van der Waals surface area contributed by atoms with Crippen molar-refractivity contribution in [2.24, 2.45) is 5.92 Å². The molecular weight excluding hydrogens is 393 g/mol. The van der Waals surface area contributed by atoms with E-state index >= 15 is 0 Å². The predicted molar refractivity (Wildman–Crippen MR) is 123 cm³/mol. The van der Waals surface area contributed by atoms with Gasteiger partial charge in [-0.2, -0.15) is 0 Å². The minimum Gasteiger partial charge on any atom is -0.490 e. The van der Waals surface area contributed by atoms with Crippen LogP contribution in [0.25, 0.3) is 0 Å². The van der Waals surface area contributed by atoms with Gasteiger partial charge in [0.05, 0.1) is 12.6 Å². The Morgan fingerprint density at radius 2 is 1.77 bits per heavy atom. The van der Waals surface area contributed by atoms with Crippen LogP contribution in [0.15, 0.2) is 48.5 Å². The third-order valence-electron chi connectivity index (χ3n) is 5.72. The summed E-state index contributed by atoms with van der Waals surface area (Å²) in [4.78, 5) is 13.2. The van der Waals surface area contributed by atoms with Crippen molar-refractivity contribution >= 4 is 6.09 Å². The Balaban J connectivity index is 1.95. The smallest absolute Gasteiger partial charge is 0.407 e. The zero-order valence-corrected chi connectivity index (χ0v) is 19.0. The number of carbonyl (C=O) groups is 1. The molecule has 0 spiro atoms. The molecule has 0 aliphatic heterocycles. The van der Waals surface area contributed by atoms with Crippen LogP contribution in [0.5, 0.6) is 5.75 Å². The topological polar surface area (TPSA) is 49.8 Å². The molecule has 0 saturated heterocycles. The maximum Gasteiger partial charge on any atom is 0.407 e. The summed E-state index contributed by atoms with van der Waals surface area (Å²) >= 11 is 0. The number of ether oxygens (including phenoxy) is 1. The van der Waals surface area contributed by atoms with E-state index in [0.29, 0.717) is 37.7 Å². The zero-order valence-electron chi connectivity index (χ0n) is 19.0. The summed E-state index contributed by atoms with van der Waals surface area (Å²) in [6.45, 7) is 7.15. The number of rotatable bonds is 13. The first-order valence-electron chi connectivity index (χ1n) is 11.4. The number of aryl methyl sites for hydroxylation is 1. The van der Waals surface area contributed by atoms with Crippen LogP contribution in [-0.2, 0) is 6.42 Å². The highest BCUT2D eigenvalue weighted by Gasteiger charge is 2.20. The molecule has 4 nitrogen and oxygen atoms in total. The molecule has 0 aromatic heterocycles. The standard InChI is InChI=1S/C26H36FNO3/c1-4-10-22(11-5-2)19-31-25-18-21(15-16-24(25)27)12-9-17-28(26(29)30)20(3)23-13-7-6-8-14-23/h6-8,13-16,18,20,22H,4-5,9-12,17,19H2,1-3H3,(H,29,30). The van der Waals surface area contributed by atoms with Crippen molar-refractivity contribution in [3.63, 3.8) is 0 Å². The van der Waals surface area contributed by atoms with Gasteiger partial charge in [0.1, 0.15) is 0 Å². The Kier molecular flexibility index (Phi) is 10.3. The third kappa shape index (κ3) is 7.89. The van der Waals surface area contributed by atoms with E-state index < -0.39 is 6.09 Å². The van der Waals surface area contributed by atoms with E-state index in [0.717, 1.165) is 36.8 Å². The highest BCUT2D eigenvalue weighted by atomic mass is 19.1. The van der Waals surface area contributed by atoms with Crippen molar-refractivity contribution in [2.45, 2.75) is 65.3 Å². The summed E-state index contributed by atoms with van der Waals surface area (Å²) in [5, 5.41) is 9.65. The van der Waals surface area contributed by atoms with Gasteiger partial charge in [-0.1, -0.05) is 63.1 Å². The van der Waals surface area contributed by atoms with Gasteiger partial charge in [0.15, 0.2) is 11.6 Å². The van der Waals surface area contributed by atoms with Gasteiger partial charge in [-0.15, -0.1) is 0 Å². The van der Waals surface area contributed by atoms with Gasteiger partial charge in [0.2, 0.25) is 0 Å². The van der Waals surface area contributed by atoms with E-state index in [-0.39, 0.29) is 11.9 Å². The van der Waals surface area contributed by atoms with Crippen molar-refractivity contribution in [1.29, 1.82) is 0 Å². The first kappa shape index (κ1) is 24.7. The lowest BCUT2D eigenvalue weighted by molar-refractivity contribution is 0.127. The van der Waals surface area contributed by atoms with Crippen LogP contribution in [0, 0.1) is 11.7 Å². The summed E-state index contributed by atoms with van der Waals surface area (Å²) in [7, 11) is 0. The summed E-state index contributed by atoms with van der Waals surface area (Å²) in [6, 6.07) is 14.4. The molecule has 2 aromatic rings. The SMILES string of the molecule is CCCC(CCC)COc1cc(CCCN(C(=O)O)C(C)c2ccccc2)ccc1F. The number of amides is 1. The highest BCUT2D eigenvalue weighted by molar-refractivity contribution is 5.65. The largest absolute Gasteiger partial charge is 0.490 e. The molecule has 170 valence electrons. The molecular formula is C26H36FNO3. The summed E-state index contributed by atoms with van der Waals surface area (Å²) in [5.41, 5.74) is 1.92. The molecule has 0 bridgehead atoms. The maximum absolute atomic E-state index is 14.2. The number of carboxylic acid groups (broad SMARTS) is 1. The van der Waals surface area contributed by atoms with Gasteiger partial charge in [-0.3, -0.25) is 0 Å². The van der Waals surface area contributed by atoms with Gasteiger partial charge in [-0.25, -0.2) is 9.18 Å². The molecule has 1 unspecified atom stereocenters. The van der Waals surface area contributed by atoms with Gasteiger partial charge in [0.25, 0.3) is 0 Å². The monoisotopic (exact) mass is 429 g/mol. The molecule has 0 saturated carbocycles. The Hall–Kier alpha value is -2.56. The number of hydrogen-bond donors (Lipinski definition) is 1. The van der Waals surface area contributed by atoms with E-state index in [1.165, 1.54) is 11.0 Å². The predicted octanol–water partition coefficient (Wildman–Crippen LogP) is 7.09. The molecule has 2 rings (SSSR count). The second-order valence-corrected chi connectivity index (χ2v) is 8.19. The van der Waals surface area contributed by atoms with E-state index in [1.54, 1.807) is 12.1 Å². The summed E-state index contributed by atoms with van der Waals surface area (Å²) in [5.74, 6) is 0.393. The zero-order chi connectivity index (χ0) is 22.6. The van der Waals surface area contributed by atoms with Crippen LogP contribution in [0.3, 0.4) is 0 Å². The van der Waals surface area contributed by atoms with E-state index in [1.807, 2.05) is 37.3 Å². The third-order valence-corrected chi connectivity index (χ3v) is 5.72. The van der Waals surface area contributed by atoms with Crippen LogP contribution in [0.4, 0.5) is 9.18 Å². The van der Waals surface area contributed by atoms with Crippen molar-refractivity contribution in [1.82, 2.24) is 4.90 Å². The van der Waals surface area contributed by atoms with Crippen molar-refractivity contribution < 1.29 is 19.0 Å². The molecule has 2 aromatic carbocycles. The molecule has 0 radical (unpaired) electrons. The summed E-state index contributed by atoms with van der Waals surface area (Å²) < 4.78 is 20.1. The molecule has 1 amide bonds. The Labute approximate surface area is 186 Å². The second kappa shape index (κ2) is 13.0. The van der Waals surface area contributed by atoms with Crippen LogP contribution >= 0.6 is 0 Å². The minimum absolute atomic E-state index is 0.222. The number of nitrogens with zero attached hydrogens (tertiary/aromatic N) is 1. The summed E-state index contributed by atoms with van der Waals surface area (Å²) in [6.07, 6.45) is 4.74. The van der Waals surface area contributed by atoms with Crippen LogP contribution < -0.4 is 4.74 Å². The first-order chi connectivity index (χ1) is 15.0. The lowest BCUT2D eigenvalue weighted by atomic mass is 9.99.